The summed E-state index contributed by atoms with van der Waals surface area (Å²) < 4.78 is 0. The molecule has 0 aliphatic carbocycles. The number of nitrogens with one attached hydrogen (secondary N) is 1. The fraction of sp³-hybridized carbons (Fsp3) is 0.538. The predicted molar refractivity (Wildman–Crippen MR) is 71.9 cm³/mol. The largest absolute Gasteiger partial charge is 0.390 e. The van der Waals surface area contributed by atoms with Crippen molar-refractivity contribution in [2.24, 2.45) is 5.73 Å². The molecule has 1 aromatic heterocycles. The van der Waals surface area contributed by atoms with Crippen molar-refractivity contribution in [1.82, 2.24) is 4.98 Å². The minimum absolute atomic E-state index is 0.0136. The summed E-state index contributed by atoms with van der Waals surface area (Å²) in [7, 11) is 0. The average molecular weight is 248 g/mol. The molecule has 0 amide bonds. The van der Waals surface area contributed by atoms with Crippen molar-refractivity contribution in [3.63, 3.8) is 0 Å². The molecule has 1 aliphatic rings. The lowest BCUT2D eigenvalue weighted by Gasteiger charge is -2.24. The molecule has 2 heterocycles. The monoisotopic (exact) mass is 248 g/mol. The second kappa shape index (κ2) is 4.94. The Balaban J connectivity index is 2.09. The van der Waals surface area contributed by atoms with Crippen LogP contribution in [0.25, 0.3) is 0 Å². The zero-order valence-electron chi connectivity index (χ0n) is 10.7. The summed E-state index contributed by atoms with van der Waals surface area (Å²) in [5, 5.41) is 17.4. The van der Waals surface area contributed by atoms with Crippen molar-refractivity contribution < 1.29 is 5.11 Å². The third-order valence-corrected chi connectivity index (χ3v) is 3.45. The Kier molecular flexibility index (Phi) is 3.52. The minimum atomic E-state index is -0.554. The van der Waals surface area contributed by atoms with Gasteiger partial charge in [-0.1, -0.05) is 0 Å². The van der Waals surface area contributed by atoms with E-state index in [-0.39, 0.29) is 5.84 Å². The van der Waals surface area contributed by atoms with Gasteiger partial charge in [0.25, 0.3) is 0 Å². The Morgan fingerprint density at radius 1 is 1.44 bits per heavy atom. The summed E-state index contributed by atoms with van der Waals surface area (Å²) >= 11 is 0. The number of aliphatic hydroxyl groups is 1. The normalized spacial score (nSPS) is 24.7. The van der Waals surface area contributed by atoms with Crippen LogP contribution in [0.5, 0.6) is 0 Å². The molecule has 1 aromatic rings. The van der Waals surface area contributed by atoms with Gasteiger partial charge in [-0.2, -0.15) is 0 Å². The highest BCUT2D eigenvalue weighted by molar-refractivity contribution is 5.93. The summed E-state index contributed by atoms with van der Waals surface area (Å²) in [6.07, 6.45) is 4.32. The van der Waals surface area contributed by atoms with Crippen LogP contribution in [-0.4, -0.2) is 34.6 Å². The molecule has 0 saturated carbocycles. The van der Waals surface area contributed by atoms with Gasteiger partial charge in [0, 0.05) is 13.1 Å². The van der Waals surface area contributed by atoms with E-state index in [2.05, 4.69) is 9.88 Å². The van der Waals surface area contributed by atoms with Crippen LogP contribution >= 0.6 is 0 Å². The van der Waals surface area contributed by atoms with E-state index < -0.39 is 5.60 Å². The van der Waals surface area contributed by atoms with Gasteiger partial charge in [0.1, 0.15) is 11.5 Å². The molecule has 1 saturated heterocycles. The Morgan fingerprint density at radius 3 is 2.83 bits per heavy atom. The molecule has 1 atom stereocenters. The van der Waals surface area contributed by atoms with Crippen LogP contribution < -0.4 is 10.6 Å². The van der Waals surface area contributed by atoms with Crippen molar-refractivity contribution in [2.75, 3.05) is 18.0 Å². The lowest BCUT2D eigenvalue weighted by atomic mass is 9.98. The van der Waals surface area contributed by atoms with Crippen LogP contribution in [0.2, 0.25) is 0 Å². The van der Waals surface area contributed by atoms with Gasteiger partial charge in [-0.25, -0.2) is 0 Å². The predicted octanol–water partition coefficient (Wildman–Crippen LogP) is 1.11. The number of nitrogens with two attached hydrogens (primary N) is 1. The van der Waals surface area contributed by atoms with Crippen molar-refractivity contribution in [1.29, 1.82) is 5.41 Å². The molecule has 5 heteroatoms. The third-order valence-electron chi connectivity index (χ3n) is 3.45. The lowest BCUT2D eigenvalue weighted by Crippen LogP contribution is -2.28. The summed E-state index contributed by atoms with van der Waals surface area (Å²) in [6, 6.07) is 3.70. The molecule has 1 fully saturated rings. The first-order valence-electron chi connectivity index (χ1n) is 6.26. The highest BCUT2D eigenvalue weighted by atomic mass is 16.3. The maximum Gasteiger partial charge on any atom is 0.141 e. The molecule has 18 heavy (non-hydrogen) atoms. The fourth-order valence-electron chi connectivity index (χ4n) is 2.25. The topological polar surface area (TPSA) is 86.2 Å². The molecule has 0 bridgehead atoms. The van der Waals surface area contributed by atoms with Gasteiger partial charge >= 0.3 is 0 Å². The highest BCUT2D eigenvalue weighted by Crippen LogP contribution is 2.24. The Hall–Kier alpha value is -1.62. The molecule has 1 unspecified atom stereocenters. The van der Waals surface area contributed by atoms with Crippen LogP contribution in [0.3, 0.4) is 0 Å². The Morgan fingerprint density at radius 2 is 2.22 bits per heavy atom. The number of aromatic nitrogens is 1. The minimum Gasteiger partial charge on any atom is -0.390 e. The number of hydrogen-bond donors (Lipinski definition) is 3. The van der Waals surface area contributed by atoms with Crippen molar-refractivity contribution >= 4 is 11.5 Å². The molecule has 2 rings (SSSR count). The molecule has 0 radical (unpaired) electrons. The smallest absolute Gasteiger partial charge is 0.141 e. The quantitative estimate of drug-likeness (QED) is 0.540. The van der Waals surface area contributed by atoms with Gasteiger partial charge in [0.2, 0.25) is 0 Å². The van der Waals surface area contributed by atoms with Crippen molar-refractivity contribution in [3.8, 4) is 0 Å². The molecule has 1 aliphatic heterocycles. The SMILES string of the molecule is CC1(O)CCCN(c2ccc(C(=N)N)nc2)CC1. The van der Waals surface area contributed by atoms with Gasteiger partial charge in [0.05, 0.1) is 17.5 Å². The zero-order valence-corrected chi connectivity index (χ0v) is 10.7. The first-order chi connectivity index (χ1) is 8.48. The first-order valence-corrected chi connectivity index (χ1v) is 6.26. The summed E-state index contributed by atoms with van der Waals surface area (Å²) in [4.78, 5) is 6.39. The molecule has 4 N–H and O–H groups in total. The van der Waals surface area contributed by atoms with Gasteiger partial charge in [-0.05, 0) is 38.3 Å². The number of pyridine rings is 1. The first kappa shape index (κ1) is 12.8. The number of nitrogen functional groups attached to an aromatic ring is 1. The number of nitrogens with zero attached hydrogens (tertiary/aromatic N) is 2. The maximum atomic E-state index is 10.0. The summed E-state index contributed by atoms with van der Waals surface area (Å²) in [5.74, 6) is -0.0136. The Labute approximate surface area is 107 Å². The number of amidine groups is 1. The zero-order chi connectivity index (χ0) is 13.2. The van der Waals surface area contributed by atoms with E-state index in [1.807, 2.05) is 13.0 Å². The third kappa shape index (κ3) is 2.98. The van der Waals surface area contributed by atoms with Gasteiger partial charge in [-0.3, -0.25) is 10.4 Å². The van der Waals surface area contributed by atoms with Crippen LogP contribution in [0.4, 0.5) is 5.69 Å². The van der Waals surface area contributed by atoms with Crippen LogP contribution in [0.1, 0.15) is 31.9 Å². The molecular weight excluding hydrogens is 228 g/mol. The van der Waals surface area contributed by atoms with E-state index in [4.69, 9.17) is 11.1 Å². The van der Waals surface area contributed by atoms with Crippen LogP contribution in [0.15, 0.2) is 18.3 Å². The van der Waals surface area contributed by atoms with E-state index in [0.29, 0.717) is 5.69 Å². The summed E-state index contributed by atoms with van der Waals surface area (Å²) in [6.45, 7) is 3.65. The highest BCUT2D eigenvalue weighted by Gasteiger charge is 2.25. The standard InChI is InChI=1S/C13H20N4O/c1-13(18)5-2-7-17(8-6-13)10-3-4-11(12(14)15)16-9-10/h3-4,9,18H,2,5-8H2,1H3,(H3,14,15). The van der Waals surface area contributed by atoms with Gasteiger partial charge < -0.3 is 15.7 Å². The maximum absolute atomic E-state index is 10.0. The van der Waals surface area contributed by atoms with Crippen LogP contribution in [0, 0.1) is 5.41 Å². The second-order valence-electron chi connectivity index (χ2n) is 5.15. The van der Waals surface area contributed by atoms with E-state index in [0.717, 1.165) is 38.0 Å². The molecule has 0 aromatic carbocycles. The number of rotatable bonds is 2. The van der Waals surface area contributed by atoms with Crippen molar-refractivity contribution in [2.45, 2.75) is 31.8 Å². The fourth-order valence-corrected chi connectivity index (χ4v) is 2.25. The number of anilines is 1. The van der Waals surface area contributed by atoms with E-state index in [9.17, 15) is 5.11 Å². The second-order valence-corrected chi connectivity index (χ2v) is 5.15. The number of hydrogen-bond acceptors (Lipinski definition) is 4. The summed E-state index contributed by atoms with van der Waals surface area (Å²) in [5.41, 5.74) is 6.35. The molecule has 5 nitrogen and oxygen atoms in total. The van der Waals surface area contributed by atoms with E-state index in [1.54, 1.807) is 12.3 Å². The van der Waals surface area contributed by atoms with Crippen LogP contribution in [-0.2, 0) is 0 Å². The Bertz CT molecular complexity index is 427. The molecule has 98 valence electrons. The average Bonchev–Trinajstić information content (AvgIpc) is 2.50. The van der Waals surface area contributed by atoms with E-state index >= 15 is 0 Å². The molecular formula is C13H20N4O. The molecule has 0 spiro atoms. The van der Waals surface area contributed by atoms with Gasteiger partial charge in [0.15, 0.2) is 0 Å². The van der Waals surface area contributed by atoms with Crippen molar-refractivity contribution in [3.05, 3.63) is 24.0 Å². The lowest BCUT2D eigenvalue weighted by molar-refractivity contribution is 0.0481. The van der Waals surface area contributed by atoms with Gasteiger partial charge in [-0.15, -0.1) is 0 Å². The van der Waals surface area contributed by atoms with E-state index in [1.165, 1.54) is 0 Å².